The van der Waals surface area contributed by atoms with Gasteiger partial charge in [-0.1, -0.05) is 0 Å². The van der Waals surface area contributed by atoms with E-state index < -0.39 is 12.3 Å². The third kappa shape index (κ3) is 13.7. The van der Waals surface area contributed by atoms with Gasteiger partial charge in [-0.2, -0.15) is 0 Å². The Labute approximate surface area is 159 Å². The summed E-state index contributed by atoms with van der Waals surface area (Å²) < 4.78 is 2.56. The summed E-state index contributed by atoms with van der Waals surface area (Å²) in [6, 6.07) is 0. The fourth-order valence-corrected chi connectivity index (χ4v) is 2.75. The number of carboxylic acid groups (broad SMARTS) is 2. The van der Waals surface area contributed by atoms with Crippen molar-refractivity contribution in [2.24, 2.45) is 0 Å². The summed E-state index contributed by atoms with van der Waals surface area (Å²) in [5, 5.41) is 18.3. The summed E-state index contributed by atoms with van der Waals surface area (Å²) in [7, 11) is 0. The number of quaternary nitrogens is 2. The molecule has 0 saturated carbocycles. The number of carbonyl (C=O) groups is 2. The maximum atomic E-state index is 9.15. The van der Waals surface area contributed by atoms with Gasteiger partial charge in [0, 0.05) is 0 Å². The molecular formula is C18H40N2O6. The first kappa shape index (κ1) is 29.2. The maximum Gasteiger partial charge on any atom is 0.273 e. The lowest BCUT2D eigenvalue weighted by molar-refractivity contribution is -0.921. The van der Waals surface area contributed by atoms with Crippen LogP contribution in [0.3, 0.4) is 0 Å². The van der Waals surface area contributed by atoms with Crippen LogP contribution in [-0.4, -0.2) is 73.6 Å². The molecule has 0 N–H and O–H groups in total. The molecule has 0 aromatic heterocycles. The van der Waals surface area contributed by atoms with Gasteiger partial charge in [0.1, 0.15) is 0 Å². The Kier molecular flexibility index (Phi) is 19.0. The van der Waals surface area contributed by atoms with Crippen molar-refractivity contribution >= 4 is 12.3 Å². The van der Waals surface area contributed by atoms with Gasteiger partial charge >= 0.3 is 0 Å². The highest BCUT2D eigenvalue weighted by molar-refractivity contribution is 5.57. The van der Waals surface area contributed by atoms with E-state index >= 15 is 0 Å². The molecule has 0 aliphatic heterocycles. The molecule has 0 amide bonds. The zero-order valence-corrected chi connectivity index (χ0v) is 18.0. The van der Waals surface area contributed by atoms with Gasteiger partial charge in [0.2, 0.25) is 0 Å². The first-order valence-electron chi connectivity index (χ1n) is 9.58. The van der Waals surface area contributed by atoms with Crippen LogP contribution in [0.1, 0.15) is 55.4 Å². The average molecular weight is 381 g/mol. The van der Waals surface area contributed by atoms with Crippen LogP contribution in [0, 0.1) is 0 Å². The van der Waals surface area contributed by atoms with Crippen LogP contribution < -0.4 is 10.2 Å². The van der Waals surface area contributed by atoms with Crippen molar-refractivity contribution in [3.8, 4) is 0 Å². The van der Waals surface area contributed by atoms with E-state index in [1.165, 1.54) is 61.3 Å². The van der Waals surface area contributed by atoms with Crippen molar-refractivity contribution in [2.75, 3.05) is 52.4 Å². The van der Waals surface area contributed by atoms with Gasteiger partial charge in [-0.3, -0.25) is 0 Å². The molecule has 0 bridgehead atoms. The van der Waals surface area contributed by atoms with E-state index in [1.54, 1.807) is 0 Å². The highest BCUT2D eigenvalue weighted by atomic mass is 17.2. The molecule has 0 aliphatic rings. The van der Waals surface area contributed by atoms with Crippen molar-refractivity contribution in [2.45, 2.75) is 55.4 Å². The van der Waals surface area contributed by atoms with Crippen molar-refractivity contribution in [3.05, 3.63) is 0 Å². The molecule has 0 fully saturated rings. The molecule has 0 spiro atoms. The molecule has 0 saturated heterocycles. The lowest BCUT2D eigenvalue weighted by Gasteiger charge is -2.34. The normalized spacial score (nSPS) is 10.6. The van der Waals surface area contributed by atoms with Crippen molar-refractivity contribution in [1.82, 2.24) is 0 Å². The minimum Gasteiger partial charge on any atom is -0.424 e. The quantitative estimate of drug-likeness (QED) is 0.358. The highest BCUT2D eigenvalue weighted by Gasteiger charge is 2.16. The van der Waals surface area contributed by atoms with Crippen LogP contribution in [-0.2, 0) is 9.78 Å². The van der Waals surface area contributed by atoms with Gasteiger partial charge in [0.15, 0.2) is 0 Å². The number of carbonyl (C=O) groups excluding carboxylic acids is 2. The van der Waals surface area contributed by atoms with Gasteiger partial charge in [-0.15, -0.1) is 0 Å². The van der Waals surface area contributed by atoms with Crippen LogP contribution in [0.2, 0.25) is 0 Å². The van der Waals surface area contributed by atoms with E-state index in [9.17, 15) is 0 Å². The van der Waals surface area contributed by atoms with Gasteiger partial charge in [0.05, 0.1) is 52.4 Å². The van der Waals surface area contributed by atoms with Crippen LogP contribution >= 0.6 is 0 Å². The second-order valence-electron chi connectivity index (χ2n) is 5.88. The molecular weight excluding hydrogens is 340 g/mol. The molecule has 0 aromatic carbocycles. The minimum absolute atomic E-state index is 1.28. The lowest BCUT2D eigenvalue weighted by atomic mass is 10.3. The molecule has 0 rings (SSSR count). The number of nitrogens with zero attached hydrogens (tertiary/aromatic N) is 2. The van der Waals surface area contributed by atoms with Gasteiger partial charge in [-0.05, 0) is 55.4 Å². The lowest BCUT2D eigenvalue weighted by Crippen LogP contribution is -2.47. The predicted octanol–water partition coefficient (Wildman–Crippen LogP) is 1.39. The Morgan fingerprint density at radius 3 is 0.731 bits per heavy atom. The predicted molar refractivity (Wildman–Crippen MR) is 97.8 cm³/mol. The Morgan fingerprint density at radius 1 is 0.538 bits per heavy atom. The van der Waals surface area contributed by atoms with Crippen molar-refractivity contribution < 1.29 is 38.5 Å². The summed E-state index contributed by atoms with van der Waals surface area (Å²) in [4.78, 5) is 24.2. The Morgan fingerprint density at radius 2 is 0.692 bits per heavy atom. The Hall–Kier alpha value is -1.54. The van der Waals surface area contributed by atoms with Gasteiger partial charge < -0.3 is 38.5 Å². The van der Waals surface area contributed by atoms with E-state index in [2.05, 4.69) is 65.2 Å². The van der Waals surface area contributed by atoms with Crippen LogP contribution in [0.4, 0.5) is 9.59 Å². The molecule has 0 unspecified atom stereocenters. The van der Waals surface area contributed by atoms with Crippen LogP contribution in [0.25, 0.3) is 0 Å². The first-order chi connectivity index (χ1) is 12.1. The smallest absolute Gasteiger partial charge is 0.273 e. The zero-order chi connectivity index (χ0) is 21.2. The molecule has 158 valence electrons. The number of hydrogen-bond donors (Lipinski definition) is 0. The summed E-state index contributed by atoms with van der Waals surface area (Å²) in [5.41, 5.74) is 0. The average Bonchev–Trinajstić information content (AvgIpc) is 2.66. The maximum absolute atomic E-state index is 9.15. The fraction of sp³-hybridized carbons (Fsp3) is 0.889. The summed E-state index contributed by atoms with van der Waals surface area (Å²) in [6.07, 6.45) is -4.18. The summed E-state index contributed by atoms with van der Waals surface area (Å²) >= 11 is 0. The minimum atomic E-state index is -2.09. The van der Waals surface area contributed by atoms with Crippen LogP contribution in [0.15, 0.2) is 0 Å². The van der Waals surface area contributed by atoms with E-state index in [0.717, 1.165) is 0 Å². The van der Waals surface area contributed by atoms with E-state index in [1.807, 2.05) is 0 Å². The summed E-state index contributed by atoms with van der Waals surface area (Å²) in [6.45, 7) is 28.4. The zero-order valence-electron chi connectivity index (χ0n) is 18.0. The van der Waals surface area contributed by atoms with Gasteiger partial charge in [0.25, 0.3) is 12.3 Å². The molecule has 0 radical (unpaired) electrons. The molecule has 26 heavy (non-hydrogen) atoms. The second-order valence-corrected chi connectivity index (χ2v) is 5.88. The SMILES string of the molecule is CC[N+](CC)(CC)CC.CC[N+](CC)(CC)CC.O=C([O-])OOC(=O)[O-]. The molecule has 0 atom stereocenters. The molecule has 0 aromatic rings. The Balaban J connectivity index is -0.000000306. The standard InChI is InChI=1S/2C8H20N.C2H2O6/c2*1-5-9(6-2,7-3)8-4;3-1(4)7-8-2(5)6/h2*5-8H2,1-4H3;(H,3,4)(H,5,6)/q2*+1;/p-2. The monoisotopic (exact) mass is 380 g/mol. The van der Waals surface area contributed by atoms with E-state index in [-0.39, 0.29) is 0 Å². The number of rotatable bonds is 8. The molecule has 8 heteroatoms. The highest BCUT2D eigenvalue weighted by Crippen LogP contribution is 2.03. The van der Waals surface area contributed by atoms with Gasteiger partial charge in [-0.25, -0.2) is 0 Å². The Bertz CT molecular complexity index is 287. The topological polar surface area (TPSA) is 98.7 Å². The van der Waals surface area contributed by atoms with E-state index in [0.29, 0.717) is 0 Å². The third-order valence-corrected chi connectivity index (χ3v) is 5.54. The van der Waals surface area contributed by atoms with Crippen molar-refractivity contribution in [1.29, 1.82) is 0 Å². The van der Waals surface area contributed by atoms with Crippen LogP contribution in [0.5, 0.6) is 0 Å². The fourth-order valence-electron chi connectivity index (χ4n) is 2.75. The largest absolute Gasteiger partial charge is 0.424 e. The first-order valence-corrected chi connectivity index (χ1v) is 9.58. The van der Waals surface area contributed by atoms with Crippen molar-refractivity contribution in [3.63, 3.8) is 0 Å². The second kappa shape index (κ2) is 16.9. The third-order valence-electron chi connectivity index (χ3n) is 5.54. The summed E-state index contributed by atoms with van der Waals surface area (Å²) in [5.74, 6) is 0. The van der Waals surface area contributed by atoms with E-state index in [4.69, 9.17) is 19.8 Å². The molecule has 0 heterocycles. The molecule has 0 aliphatic carbocycles. The molecule has 8 nitrogen and oxygen atoms in total. The number of hydrogen-bond acceptors (Lipinski definition) is 6.